The van der Waals surface area contributed by atoms with Crippen molar-refractivity contribution < 1.29 is 4.39 Å². The smallest absolute Gasteiger partial charge is 0.135 e. The molecule has 0 heterocycles. The number of nitrogens with one attached hydrogen (secondary N) is 1. The van der Waals surface area contributed by atoms with Crippen LogP contribution in [0.5, 0.6) is 0 Å². The topological polar surface area (TPSA) is 38.0 Å². The van der Waals surface area contributed by atoms with Crippen LogP contribution in [0.15, 0.2) is 46.9 Å². The van der Waals surface area contributed by atoms with Gasteiger partial charge in [-0.15, -0.1) is 0 Å². The van der Waals surface area contributed by atoms with Gasteiger partial charge in [0.1, 0.15) is 10.8 Å². The second-order valence-electron chi connectivity index (χ2n) is 4.44. The van der Waals surface area contributed by atoms with Crippen molar-refractivity contribution in [2.75, 3.05) is 5.32 Å². The van der Waals surface area contributed by atoms with E-state index in [0.29, 0.717) is 5.69 Å². The highest BCUT2D eigenvalue weighted by Gasteiger charge is 2.13. The van der Waals surface area contributed by atoms with Gasteiger partial charge in [0.2, 0.25) is 0 Å². The number of hydrogen-bond donors (Lipinski definition) is 2. The fraction of sp³-hybridized carbons (Fsp3) is 0.133. The van der Waals surface area contributed by atoms with Gasteiger partial charge in [-0.1, -0.05) is 46.3 Å². The van der Waals surface area contributed by atoms with E-state index >= 15 is 0 Å². The van der Waals surface area contributed by atoms with Crippen LogP contribution >= 0.6 is 28.1 Å². The molecule has 0 spiro atoms. The second-order valence-corrected chi connectivity index (χ2v) is 5.80. The zero-order valence-corrected chi connectivity index (χ0v) is 13.3. The van der Waals surface area contributed by atoms with E-state index < -0.39 is 5.82 Å². The Morgan fingerprint density at radius 3 is 2.50 bits per heavy atom. The van der Waals surface area contributed by atoms with Crippen LogP contribution in [0.2, 0.25) is 0 Å². The minimum Gasteiger partial charge on any atom is -0.389 e. The largest absolute Gasteiger partial charge is 0.389 e. The average molecular weight is 353 g/mol. The molecule has 104 valence electrons. The van der Waals surface area contributed by atoms with Gasteiger partial charge in [0, 0.05) is 16.2 Å². The van der Waals surface area contributed by atoms with Crippen LogP contribution in [0.25, 0.3) is 0 Å². The molecule has 20 heavy (non-hydrogen) atoms. The van der Waals surface area contributed by atoms with Crippen molar-refractivity contribution in [3.63, 3.8) is 0 Å². The predicted octanol–water partition coefficient (Wildman–Crippen LogP) is 4.40. The molecule has 2 rings (SSSR count). The molecule has 2 aromatic carbocycles. The Kier molecular flexibility index (Phi) is 4.73. The van der Waals surface area contributed by atoms with Crippen molar-refractivity contribution in [3.05, 3.63) is 63.9 Å². The Morgan fingerprint density at radius 1 is 1.25 bits per heavy atom. The monoisotopic (exact) mass is 352 g/mol. The van der Waals surface area contributed by atoms with Gasteiger partial charge < -0.3 is 11.1 Å². The molecule has 0 amide bonds. The quantitative estimate of drug-likeness (QED) is 0.801. The van der Waals surface area contributed by atoms with Crippen LogP contribution in [-0.2, 0) is 0 Å². The summed E-state index contributed by atoms with van der Waals surface area (Å²) in [5.41, 5.74) is 7.54. The van der Waals surface area contributed by atoms with Crippen LogP contribution in [-0.4, -0.2) is 4.99 Å². The first kappa shape index (κ1) is 14.9. The minimum atomic E-state index is -0.412. The van der Waals surface area contributed by atoms with Gasteiger partial charge in [0.15, 0.2) is 0 Å². The lowest BCUT2D eigenvalue weighted by atomic mass is 10.1. The first-order chi connectivity index (χ1) is 9.49. The standard InChI is InChI=1S/C15H14BrFN2S/c1-9(10-5-7-11(16)8-6-10)19-13-4-2-3-12(17)14(13)15(18)20/h2-9,19H,1H3,(H2,18,20). The van der Waals surface area contributed by atoms with Gasteiger partial charge in [-0.2, -0.15) is 0 Å². The maximum Gasteiger partial charge on any atom is 0.135 e. The number of halogens is 2. The van der Waals surface area contributed by atoms with Crippen molar-refractivity contribution in [3.8, 4) is 0 Å². The molecule has 0 aliphatic rings. The van der Waals surface area contributed by atoms with Gasteiger partial charge >= 0.3 is 0 Å². The molecule has 0 aliphatic carbocycles. The number of benzene rings is 2. The Labute approximate surface area is 131 Å². The van der Waals surface area contributed by atoms with Crippen LogP contribution in [0, 0.1) is 5.82 Å². The molecular formula is C15H14BrFN2S. The predicted molar refractivity (Wildman–Crippen MR) is 88.5 cm³/mol. The number of thiocarbonyl (C=S) groups is 1. The summed E-state index contributed by atoms with van der Waals surface area (Å²) in [5, 5.41) is 3.25. The highest BCUT2D eigenvalue weighted by Crippen LogP contribution is 2.25. The third-order valence-electron chi connectivity index (χ3n) is 3.00. The number of nitrogens with two attached hydrogens (primary N) is 1. The SMILES string of the molecule is CC(Nc1cccc(F)c1C(N)=S)c1ccc(Br)cc1. The fourth-order valence-corrected chi connectivity index (χ4v) is 2.43. The van der Waals surface area contributed by atoms with Gasteiger partial charge in [-0.05, 0) is 36.8 Å². The Balaban J connectivity index is 2.28. The van der Waals surface area contributed by atoms with Crippen molar-refractivity contribution >= 4 is 38.8 Å². The number of anilines is 1. The summed E-state index contributed by atoms with van der Waals surface area (Å²) in [6, 6.07) is 12.7. The van der Waals surface area contributed by atoms with E-state index in [1.807, 2.05) is 31.2 Å². The third-order valence-corrected chi connectivity index (χ3v) is 3.73. The Hall–Kier alpha value is -1.46. The second kappa shape index (κ2) is 6.33. The van der Waals surface area contributed by atoms with Crippen LogP contribution in [0.3, 0.4) is 0 Å². The summed E-state index contributed by atoms with van der Waals surface area (Å²) < 4.78 is 14.8. The molecule has 0 aliphatic heterocycles. The lowest BCUT2D eigenvalue weighted by Crippen LogP contribution is -2.16. The Bertz CT molecular complexity index is 628. The normalized spacial score (nSPS) is 11.9. The molecule has 2 aromatic rings. The highest BCUT2D eigenvalue weighted by atomic mass is 79.9. The fourth-order valence-electron chi connectivity index (χ4n) is 1.96. The highest BCUT2D eigenvalue weighted by molar-refractivity contribution is 9.10. The van der Waals surface area contributed by atoms with E-state index in [4.69, 9.17) is 18.0 Å². The number of hydrogen-bond acceptors (Lipinski definition) is 2. The molecule has 0 fully saturated rings. The molecule has 5 heteroatoms. The van der Waals surface area contributed by atoms with Crippen LogP contribution in [0.4, 0.5) is 10.1 Å². The summed E-state index contributed by atoms with van der Waals surface area (Å²) in [4.78, 5) is 0.0496. The molecule has 0 saturated carbocycles. The van der Waals surface area contributed by atoms with Crippen molar-refractivity contribution in [2.24, 2.45) is 5.73 Å². The van der Waals surface area contributed by atoms with E-state index in [2.05, 4.69) is 21.2 Å². The lowest BCUT2D eigenvalue weighted by Gasteiger charge is -2.18. The molecule has 2 nitrogen and oxygen atoms in total. The molecule has 1 unspecified atom stereocenters. The molecule has 0 bridgehead atoms. The van der Waals surface area contributed by atoms with Crippen molar-refractivity contribution in [1.29, 1.82) is 0 Å². The first-order valence-electron chi connectivity index (χ1n) is 6.09. The molecular weight excluding hydrogens is 339 g/mol. The maximum absolute atomic E-state index is 13.8. The van der Waals surface area contributed by atoms with E-state index in [-0.39, 0.29) is 16.6 Å². The summed E-state index contributed by atoms with van der Waals surface area (Å²) in [6.07, 6.45) is 0. The summed E-state index contributed by atoms with van der Waals surface area (Å²) in [7, 11) is 0. The van der Waals surface area contributed by atoms with Crippen LogP contribution < -0.4 is 11.1 Å². The van der Waals surface area contributed by atoms with E-state index in [9.17, 15) is 4.39 Å². The average Bonchev–Trinajstić information content (AvgIpc) is 2.39. The van der Waals surface area contributed by atoms with Gasteiger partial charge in [0.25, 0.3) is 0 Å². The molecule has 0 radical (unpaired) electrons. The summed E-state index contributed by atoms with van der Waals surface area (Å²) >= 11 is 8.31. The zero-order valence-electron chi connectivity index (χ0n) is 10.9. The molecule has 0 saturated heterocycles. The van der Waals surface area contributed by atoms with Gasteiger partial charge in [0.05, 0.1) is 5.56 Å². The molecule has 0 aromatic heterocycles. The molecule has 1 atom stereocenters. The number of rotatable bonds is 4. The first-order valence-corrected chi connectivity index (χ1v) is 7.29. The van der Waals surface area contributed by atoms with Gasteiger partial charge in [-0.25, -0.2) is 4.39 Å². The third kappa shape index (κ3) is 3.35. The minimum absolute atomic E-state index is 0.0120. The summed E-state index contributed by atoms with van der Waals surface area (Å²) in [6.45, 7) is 2.00. The van der Waals surface area contributed by atoms with Crippen molar-refractivity contribution in [2.45, 2.75) is 13.0 Å². The summed E-state index contributed by atoms with van der Waals surface area (Å²) in [5.74, 6) is -0.412. The van der Waals surface area contributed by atoms with Crippen molar-refractivity contribution in [1.82, 2.24) is 0 Å². The zero-order chi connectivity index (χ0) is 14.7. The van der Waals surface area contributed by atoms with E-state index in [1.54, 1.807) is 12.1 Å². The van der Waals surface area contributed by atoms with E-state index in [1.165, 1.54) is 6.07 Å². The van der Waals surface area contributed by atoms with E-state index in [0.717, 1.165) is 10.0 Å². The van der Waals surface area contributed by atoms with Gasteiger partial charge in [-0.3, -0.25) is 0 Å². The molecule has 3 N–H and O–H groups in total. The lowest BCUT2D eigenvalue weighted by molar-refractivity contribution is 0.625. The van der Waals surface area contributed by atoms with Crippen LogP contribution in [0.1, 0.15) is 24.1 Å². The maximum atomic E-state index is 13.8. The Morgan fingerprint density at radius 2 is 1.90 bits per heavy atom.